The Morgan fingerprint density at radius 3 is 2.67 bits per heavy atom. The monoisotopic (exact) mass is 482 g/mol. The number of aromatic nitrogens is 2. The summed E-state index contributed by atoms with van der Waals surface area (Å²) in [6.07, 6.45) is 9.88. The molecule has 36 heavy (non-hydrogen) atoms. The van der Waals surface area contributed by atoms with Crippen LogP contribution in [-0.2, 0) is 16.0 Å². The molecule has 7 nitrogen and oxygen atoms in total. The number of H-pyrrole nitrogens is 1. The first-order valence-electron chi connectivity index (χ1n) is 12.5. The van der Waals surface area contributed by atoms with Gasteiger partial charge in [0, 0.05) is 30.9 Å². The highest BCUT2D eigenvalue weighted by atomic mass is 16.2. The number of amides is 2. The van der Waals surface area contributed by atoms with Gasteiger partial charge >= 0.3 is 0 Å². The highest BCUT2D eigenvalue weighted by Crippen LogP contribution is 2.28. The largest absolute Gasteiger partial charge is 0.342 e. The zero-order valence-corrected chi connectivity index (χ0v) is 20.3. The number of likely N-dealkylation sites (tertiary alicyclic amines) is 1. The summed E-state index contributed by atoms with van der Waals surface area (Å²) in [6.45, 7) is 2.56. The lowest BCUT2D eigenvalue weighted by atomic mass is 9.83. The van der Waals surface area contributed by atoms with Gasteiger partial charge < -0.3 is 15.2 Å². The van der Waals surface area contributed by atoms with Crippen molar-refractivity contribution in [1.29, 1.82) is 0 Å². The van der Waals surface area contributed by atoms with E-state index in [4.69, 9.17) is 0 Å². The number of aryl methyl sites for hydroxylation is 1. The quantitative estimate of drug-likeness (QED) is 0.478. The molecule has 184 valence electrons. The number of anilines is 1. The van der Waals surface area contributed by atoms with E-state index in [1.165, 1.54) is 0 Å². The van der Waals surface area contributed by atoms with Crippen molar-refractivity contribution in [3.8, 4) is 0 Å². The fourth-order valence-corrected chi connectivity index (χ4v) is 5.08. The molecule has 2 aromatic carbocycles. The number of carbonyl (C=O) groups excluding carboxylic acids is 3. The fraction of sp³-hybridized carbons (Fsp3) is 0.310. The lowest BCUT2D eigenvalue weighted by Gasteiger charge is -2.25. The van der Waals surface area contributed by atoms with E-state index >= 15 is 0 Å². The number of imidazole rings is 1. The van der Waals surface area contributed by atoms with E-state index in [-0.39, 0.29) is 35.9 Å². The first kappa shape index (κ1) is 23.7. The van der Waals surface area contributed by atoms with E-state index < -0.39 is 6.04 Å². The van der Waals surface area contributed by atoms with Crippen LogP contribution < -0.4 is 5.32 Å². The third kappa shape index (κ3) is 4.87. The molecular weight excluding hydrogens is 452 g/mol. The smallest absolute Gasteiger partial charge is 0.247 e. The number of carbonyl (C=O) groups is 3. The SMILES string of the molecule is CC1C=CC=CC1C(=O)c1ccccc1NC(=O)[C@@H]1CCCN1C(=O)CCc1nc2ccccc2[nH]1. The Labute approximate surface area is 210 Å². The molecule has 1 aliphatic heterocycles. The maximum Gasteiger partial charge on any atom is 0.247 e. The second-order valence-electron chi connectivity index (χ2n) is 9.50. The van der Waals surface area contributed by atoms with Crippen LogP contribution in [0.2, 0.25) is 0 Å². The van der Waals surface area contributed by atoms with Crippen LogP contribution in [0.25, 0.3) is 11.0 Å². The summed E-state index contributed by atoms with van der Waals surface area (Å²) in [5.41, 5.74) is 2.80. The average Bonchev–Trinajstić information content (AvgIpc) is 3.55. The molecule has 1 aliphatic carbocycles. The van der Waals surface area contributed by atoms with E-state index in [9.17, 15) is 14.4 Å². The van der Waals surface area contributed by atoms with Crippen LogP contribution >= 0.6 is 0 Å². The van der Waals surface area contributed by atoms with Gasteiger partial charge in [0.05, 0.1) is 16.7 Å². The highest BCUT2D eigenvalue weighted by molar-refractivity contribution is 6.08. The fourth-order valence-electron chi connectivity index (χ4n) is 5.08. The zero-order valence-electron chi connectivity index (χ0n) is 20.3. The number of fused-ring (bicyclic) bond motifs is 1. The Balaban J connectivity index is 1.25. The molecule has 2 N–H and O–H groups in total. The number of benzene rings is 2. The van der Waals surface area contributed by atoms with Crippen LogP contribution in [0.1, 0.15) is 42.4 Å². The Bertz CT molecular complexity index is 1320. The molecule has 0 radical (unpaired) electrons. The third-order valence-corrected chi connectivity index (χ3v) is 7.05. The molecule has 5 rings (SSSR count). The first-order valence-corrected chi connectivity index (χ1v) is 12.5. The van der Waals surface area contributed by atoms with Crippen molar-refractivity contribution in [3.05, 3.63) is 84.2 Å². The van der Waals surface area contributed by atoms with Crippen molar-refractivity contribution in [2.45, 2.75) is 38.6 Å². The molecule has 2 heterocycles. The van der Waals surface area contributed by atoms with Gasteiger partial charge in [-0.15, -0.1) is 0 Å². The number of rotatable bonds is 7. The number of nitrogens with one attached hydrogen (secondary N) is 2. The minimum atomic E-state index is -0.548. The number of nitrogens with zero attached hydrogens (tertiary/aromatic N) is 2. The molecule has 1 aromatic heterocycles. The standard InChI is InChI=1S/C29H30N4O3/c1-19-9-2-3-10-20(19)28(35)21-11-4-5-12-22(21)32-29(36)25-15-8-18-33(25)27(34)17-16-26-30-23-13-6-7-14-24(23)31-26/h2-7,9-14,19-20,25H,8,15-18H2,1H3,(H,30,31)(H,32,36)/t19?,20?,25-/m0/s1. The Morgan fingerprint density at radius 1 is 1.06 bits per heavy atom. The van der Waals surface area contributed by atoms with Gasteiger partial charge in [0.2, 0.25) is 11.8 Å². The molecule has 2 unspecified atom stereocenters. The normalized spacial score (nSPS) is 21.1. The molecule has 2 amide bonds. The van der Waals surface area contributed by atoms with Crippen LogP contribution in [0.15, 0.2) is 72.8 Å². The van der Waals surface area contributed by atoms with Crippen LogP contribution in [-0.4, -0.2) is 45.1 Å². The van der Waals surface area contributed by atoms with Gasteiger partial charge in [-0.25, -0.2) is 4.98 Å². The van der Waals surface area contributed by atoms with Gasteiger partial charge in [-0.05, 0) is 43.0 Å². The molecular formula is C29H30N4O3. The van der Waals surface area contributed by atoms with E-state index in [1.54, 1.807) is 29.2 Å². The van der Waals surface area contributed by atoms with Crippen molar-refractivity contribution in [3.63, 3.8) is 0 Å². The maximum absolute atomic E-state index is 13.3. The van der Waals surface area contributed by atoms with E-state index in [0.717, 1.165) is 23.3 Å². The predicted molar refractivity (Wildman–Crippen MR) is 139 cm³/mol. The maximum atomic E-state index is 13.3. The number of aromatic amines is 1. The van der Waals surface area contributed by atoms with Crippen molar-refractivity contribution in [2.24, 2.45) is 11.8 Å². The van der Waals surface area contributed by atoms with Crippen molar-refractivity contribution < 1.29 is 14.4 Å². The van der Waals surface area contributed by atoms with Gasteiger partial charge in [-0.2, -0.15) is 0 Å². The minimum absolute atomic E-state index is 0.0239. The summed E-state index contributed by atoms with van der Waals surface area (Å²) in [6, 6.07) is 14.3. The van der Waals surface area contributed by atoms with Gasteiger partial charge in [0.1, 0.15) is 11.9 Å². The van der Waals surface area contributed by atoms with E-state index in [0.29, 0.717) is 30.6 Å². The minimum Gasteiger partial charge on any atom is -0.342 e. The molecule has 0 bridgehead atoms. The van der Waals surface area contributed by atoms with Crippen molar-refractivity contribution in [2.75, 3.05) is 11.9 Å². The Hall–Kier alpha value is -4.00. The molecule has 0 saturated carbocycles. The number of Topliss-reactive ketones (excluding diaryl/α,β-unsaturated/α-hetero) is 1. The van der Waals surface area contributed by atoms with Gasteiger partial charge in [-0.3, -0.25) is 14.4 Å². The lowest BCUT2D eigenvalue weighted by Crippen LogP contribution is -2.43. The van der Waals surface area contributed by atoms with E-state index in [1.807, 2.05) is 55.5 Å². The van der Waals surface area contributed by atoms with Crippen LogP contribution in [0.3, 0.4) is 0 Å². The topological polar surface area (TPSA) is 95.2 Å². The lowest BCUT2D eigenvalue weighted by molar-refractivity contribution is -0.136. The Morgan fingerprint density at radius 2 is 1.83 bits per heavy atom. The summed E-state index contributed by atoms with van der Waals surface area (Å²) in [7, 11) is 0. The highest BCUT2D eigenvalue weighted by Gasteiger charge is 2.34. The molecule has 7 heteroatoms. The molecule has 3 aromatic rings. The number of allylic oxidation sites excluding steroid dienone is 4. The van der Waals surface area contributed by atoms with Crippen LogP contribution in [0.4, 0.5) is 5.69 Å². The predicted octanol–water partition coefficient (Wildman–Crippen LogP) is 4.69. The van der Waals surface area contributed by atoms with Crippen molar-refractivity contribution in [1.82, 2.24) is 14.9 Å². The number of ketones is 1. The summed E-state index contributed by atoms with van der Waals surface area (Å²) in [4.78, 5) is 49.1. The van der Waals surface area contributed by atoms with Crippen LogP contribution in [0, 0.1) is 11.8 Å². The number of hydrogen-bond donors (Lipinski definition) is 2. The second-order valence-corrected chi connectivity index (χ2v) is 9.50. The average molecular weight is 483 g/mol. The summed E-state index contributed by atoms with van der Waals surface area (Å²) in [5, 5.41) is 2.95. The van der Waals surface area contributed by atoms with Crippen molar-refractivity contribution >= 4 is 34.3 Å². The first-order chi connectivity index (χ1) is 17.5. The summed E-state index contributed by atoms with van der Waals surface area (Å²) < 4.78 is 0. The number of hydrogen-bond acceptors (Lipinski definition) is 4. The second kappa shape index (κ2) is 10.3. The third-order valence-electron chi connectivity index (χ3n) is 7.05. The van der Waals surface area contributed by atoms with Gasteiger partial charge in [0.25, 0.3) is 0 Å². The molecule has 0 spiro atoms. The molecule has 2 aliphatic rings. The molecule has 1 saturated heterocycles. The Kier molecular flexibility index (Phi) is 6.80. The van der Waals surface area contributed by atoms with Gasteiger partial charge in [-0.1, -0.05) is 55.5 Å². The molecule has 1 fully saturated rings. The van der Waals surface area contributed by atoms with Crippen LogP contribution in [0.5, 0.6) is 0 Å². The zero-order chi connectivity index (χ0) is 25.1. The summed E-state index contributed by atoms with van der Waals surface area (Å²) in [5.74, 6) is 0.237. The van der Waals surface area contributed by atoms with Gasteiger partial charge in [0.15, 0.2) is 5.78 Å². The molecule has 3 atom stereocenters. The number of para-hydroxylation sites is 3. The van der Waals surface area contributed by atoms with E-state index in [2.05, 4.69) is 15.3 Å². The summed E-state index contributed by atoms with van der Waals surface area (Å²) >= 11 is 0.